The third kappa shape index (κ3) is 6.26. The number of benzene rings is 2. The summed E-state index contributed by atoms with van der Waals surface area (Å²) in [7, 11) is -3.43. The van der Waals surface area contributed by atoms with Gasteiger partial charge < -0.3 is 39.5 Å². The second-order valence-corrected chi connectivity index (χ2v) is 16.1. The molecule has 1 aliphatic heterocycles. The normalized spacial score (nSPS) is 39.5. The monoisotopic (exact) mass is 752 g/mol. The molecule has 1 spiro atoms. The molecule has 2 aromatic rings. The van der Waals surface area contributed by atoms with Crippen molar-refractivity contribution < 1.29 is 68.1 Å². The summed E-state index contributed by atoms with van der Waals surface area (Å²) in [6.07, 6.45) is -3.30. The van der Waals surface area contributed by atoms with Crippen LogP contribution in [0.2, 0.25) is 5.02 Å². The van der Waals surface area contributed by atoms with E-state index in [1.165, 1.54) is 31.6 Å². The molecule has 1 saturated heterocycles. The molecule has 8 atom stereocenters. The number of hydrogen-bond acceptors (Lipinski definition) is 13. The number of halogens is 1. The topological polar surface area (TPSA) is 211 Å². The number of ketones is 1. The van der Waals surface area contributed by atoms with Gasteiger partial charge in [0.25, 0.3) is 5.79 Å². The molecule has 2 aromatic carbocycles. The molecule has 14 nitrogen and oxygen atoms in total. The lowest BCUT2D eigenvalue weighted by atomic mass is 9.47. The second kappa shape index (κ2) is 13.8. The van der Waals surface area contributed by atoms with Gasteiger partial charge in [-0.25, -0.2) is 9.45 Å². The number of allylic oxidation sites excluding steroid dienone is 1. The van der Waals surface area contributed by atoms with Gasteiger partial charge in [-0.05, 0) is 92.5 Å². The van der Waals surface area contributed by atoms with E-state index in [0.717, 1.165) is 25.7 Å². The Bertz CT molecular complexity index is 1670. The van der Waals surface area contributed by atoms with E-state index in [1.54, 1.807) is 31.4 Å². The summed E-state index contributed by atoms with van der Waals surface area (Å²) in [6, 6.07) is 9.43. The number of aliphatic hydroxyl groups is 5. The first-order chi connectivity index (χ1) is 24.2. The predicted molar refractivity (Wildman–Crippen MR) is 178 cm³/mol. The number of methoxy groups -OCH3 is 1. The maximum Gasteiger partial charge on any atom is 0.527 e. The molecule has 51 heavy (non-hydrogen) atoms. The molecule has 0 aromatic heterocycles. The Labute approximate surface area is 299 Å². The number of phosphoric acid groups is 1. The summed E-state index contributed by atoms with van der Waals surface area (Å²) in [5.41, 5.74) is 1.01. The second-order valence-electron chi connectivity index (χ2n) is 14.4. The van der Waals surface area contributed by atoms with E-state index in [9.17, 15) is 39.8 Å². The highest BCUT2D eigenvalue weighted by molar-refractivity contribution is 7.47. The third-order valence-electron chi connectivity index (χ3n) is 11.3. The standard InChI is InChI=1S/C35H42ClO14P/c1-17(37)3-6-21-7-10-25(35(45-2)34(49-50-35)22-12-19-11-20(14-22)15-23(34)13-19)26(36)32(21)46-16-18-4-8-24(9-5-18)47-51(43,44)48-33-30(41)28(39)27(38)29(40)31(33)42/h3-10,19-20,22-23,27-31,33,38-42H,11-16H2,1-2H3,(H,43,44)/b6-3+/t19?,20?,22?,23?,27-,28-,29+,30-,31-,33-,34?,35?/m1/s1. The van der Waals surface area contributed by atoms with Gasteiger partial charge in [-0.2, -0.15) is 4.89 Å². The van der Waals surface area contributed by atoms with Crippen LogP contribution in [0.3, 0.4) is 0 Å². The number of phosphoric ester groups is 1. The van der Waals surface area contributed by atoms with Crippen LogP contribution < -0.4 is 9.26 Å². The minimum absolute atomic E-state index is 0.0205. The van der Waals surface area contributed by atoms with E-state index in [2.05, 4.69) is 0 Å². The first-order valence-corrected chi connectivity index (χ1v) is 18.8. The van der Waals surface area contributed by atoms with E-state index >= 15 is 0 Å². The SMILES string of the molecule is COC1(c2ccc(/C=C/C(C)=O)c(OCc3ccc(OP(=O)(O)O[C@@H]4[C@H](O)[C@H](O)[C@@H](O)[C@H](O)[C@H]4O)cc3)c2Cl)OOC12C1CC3CC(C1)CC2C3. The molecule has 4 bridgehead atoms. The molecule has 5 saturated carbocycles. The molecule has 6 aliphatic rings. The van der Waals surface area contributed by atoms with Gasteiger partial charge in [0, 0.05) is 18.2 Å². The molecule has 1 heterocycles. The highest BCUT2D eigenvalue weighted by Gasteiger charge is 2.77. The zero-order valence-electron chi connectivity index (χ0n) is 27.9. The van der Waals surface area contributed by atoms with Crippen LogP contribution in [0.15, 0.2) is 42.5 Å². The van der Waals surface area contributed by atoms with Crippen LogP contribution in [0.4, 0.5) is 0 Å². The smallest absolute Gasteiger partial charge is 0.487 e. The Kier molecular flexibility index (Phi) is 9.96. The summed E-state index contributed by atoms with van der Waals surface area (Å²) in [4.78, 5) is 34.2. The largest absolute Gasteiger partial charge is 0.527 e. The Morgan fingerprint density at radius 1 is 0.902 bits per heavy atom. The minimum atomic E-state index is -5.02. The number of rotatable bonds is 11. The third-order valence-corrected chi connectivity index (χ3v) is 12.6. The number of aliphatic hydroxyl groups excluding tert-OH is 5. The molecule has 5 aliphatic carbocycles. The van der Waals surface area contributed by atoms with Crippen LogP contribution in [0.1, 0.15) is 55.7 Å². The number of carbonyl (C=O) groups is 1. The highest BCUT2D eigenvalue weighted by Crippen LogP contribution is 2.70. The quantitative estimate of drug-likeness (QED) is 0.111. The van der Waals surface area contributed by atoms with Gasteiger partial charge in [0.15, 0.2) is 11.4 Å². The highest BCUT2D eigenvalue weighted by atomic mass is 35.5. The van der Waals surface area contributed by atoms with Crippen molar-refractivity contribution in [2.24, 2.45) is 23.7 Å². The van der Waals surface area contributed by atoms with Crippen molar-refractivity contribution in [2.45, 2.75) is 93.6 Å². The summed E-state index contributed by atoms with van der Waals surface area (Å²) in [5, 5.41) is 50.1. The molecule has 8 rings (SSSR count). The minimum Gasteiger partial charge on any atom is -0.487 e. The average Bonchev–Trinajstić information content (AvgIpc) is 3.08. The van der Waals surface area contributed by atoms with Crippen molar-refractivity contribution in [3.05, 3.63) is 64.2 Å². The molecule has 278 valence electrons. The van der Waals surface area contributed by atoms with Gasteiger partial charge >= 0.3 is 7.82 Å². The van der Waals surface area contributed by atoms with Crippen LogP contribution in [0, 0.1) is 23.7 Å². The Hall–Kier alpha value is -2.43. The molecular formula is C35H42ClO14P. The maximum atomic E-state index is 12.7. The fraction of sp³-hybridized carbons (Fsp3) is 0.571. The summed E-state index contributed by atoms with van der Waals surface area (Å²) in [5.74, 6) is 0.590. The van der Waals surface area contributed by atoms with E-state index in [-0.39, 0.29) is 40.7 Å². The first kappa shape index (κ1) is 36.9. The molecular weight excluding hydrogens is 711 g/mol. The summed E-state index contributed by atoms with van der Waals surface area (Å²) in [6.45, 7) is 1.41. The lowest BCUT2D eigenvalue weighted by Crippen LogP contribution is -2.76. The fourth-order valence-electron chi connectivity index (χ4n) is 9.07. The van der Waals surface area contributed by atoms with Crippen LogP contribution >= 0.6 is 19.4 Å². The molecule has 16 heteroatoms. The van der Waals surface area contributed by atoms with Crippen molar-refractivity contribution >= 4 is 31.3 Å². The van der Waals surface area contributed by atoms with Crippen LogP contribution in [-0.4, -0.2) is 85.5 Å². The Morgan fingerprint density at radius 3 is 2.02 bits per heavy atom. The number of ether oxygens (including phenoxy) is 2. The lowest BCUT2D eigenvalue weighted by Gasteiger charge is -2.68. The van der Waals surface area contributed by atoms with Gasteiger partial charge in [-0.15, -0.1) is 0 Å². The average molecular weight is 753 g/mol. The van der Waals surface area contributed by atoms with Crippen molar-refractivity contribution in [2.75, 3.05) is 7.11 Å². The van der Waals surface area contributed by atoms with Crippen molar-refractivity contribution in [1.82, 2.24) is 0 Å². The van der Waals surface area contributed by atoms with E-state index in [0.29, 0.717) is 28.5 Å². The zero-order valence-corrected chi connectivity index (χ0v) is 29.6. The number of hydrogen-bond donors (Lipinski definition) is 6. The van der Waals surface area contributed by atoms with Crippen molar-refractivity contribution in [3.8, 4) is 11.5 Å². The van der Waals surface area contributed by atoms with E-state index < -0.39 is 55.8 Å². The molecule has 6 fully saturated rings. The predicted octanol–water partition coefficient (Wildman–Crippen LogP) is 3.16. The summed E-state index contributed by atoms with van der Waals surface area (Å²) >= 11 is 7.16. The molecule has 0 amide bonds. The zero-order chi connectivity index (χ0) is 36.5. The molecule has 0 radical (unpaired) electrons. The first-order valence-electron chi connectivity index (χ1n) is 17.0. The molecule has 6 N–H and O–H groups in total. The number of carbonyl (C=O) groups excluding carboxylic acids is 1. The van der Waals surface area contributed by atoms with E-state index in [1.807, 2.05) is 6.07 Å². The van der Waals surface area contributed by atoms with Crippen molar-refractivity contribution in [1.29, 1.82) is 0 Å². The van der Waals surface area contributed by atoms with Gasteiger partial charge in [0.05, 0.1) is 5.02 Å². The lowest BCUT2D eigenvalue weighted by molar-refractivity contribution is -0.645. The Balaban J connectivity index is 1.10. The van der Waals surface area contributed by atoms with Crippen LogP contribution in [-0.2, 0) is 40.8 Å². The summed E-state index contributed by atoms with van der Waals surface area (Å²) < 4.78 is 35.2. The van der Waals surface area contributed by atoms with Gasteiger partial charge in [0.1, 0.15) is 54.7 Å². The maximum absolute atomic E-state index is 12.7. The van der Waals surface area contributed by atoms with Gasteiger partial charge in [-0.1, -0.05) is 35.9 Å². The van der Waals surface area contributed by atoms with Crippen LogP contribution in [0.5, 0.6) is 11.5 Å². The Morgan fingerprint density at radius 2 is 1.49 bits per heavy atom. The van der Waals surface area contributed by atoms with Crippen LogP contribution in [0.25, 0.3) is 6.08 Å². The molecule has 2 unspecified atom stereocenters. The van der Waals surface area contributed by atoms with E-state index in [4.69, 9.17) is 39.9 Å². The van der Waals surface area contributed by atoms with Gasteiger partial charge in [0.2, 0.25) is 0 Å². The van der Waals surface area contributed by atoms with Gasteiger partial charge in [-0.3, -0.25) is 14.2 Å². The fourth-order valence-corrected chi connectivity index (χ4v) is 10.4. The van der Waals surface area contributed by atoms with Crippen molar-refractivity contribution in [3.63, 3.8) is 0 Å².